The van der Waals surface area contributed by atoms with Crippen LogP contribution in [0.15, 0.2) is 0 Å². The van der Waals surface area contributed by atoms with Gasteiger partial charge in [0, 0.05) is 0 Å². The van der Waals surface area contributed by atoms with Gasteiger partial charge in [-0.3, -0.25) is 0 Å². The van der Waals surface area contributed by atoms with Gasteiger partial charge in [0.1, 0.15) is 0 Å². The summed E-state index contributed by atoms with van der Waals surface area (Å²) < 4.78 is 5.46. The molecule has 0 fully saturated rings. The van der Waals surface area contributed by atoms with Gasteiger partial charge in [0.15, 0.2) is 0 Å². The summed E-state index contributed by atoms with van der Waals surface area (Å²) >= 11 is 9.39. The van der Waals surface area contributed by atoms with Gasteiger partial charge in [0.2, 0.25) is 0 Å². The quantitative estimate of drug-likeness (QED) is 0.295. The minimum atomic E-state index is -3.20. The molecule has 0 heterocycles. The van der Waals surface area contributed by atoms with Gasteiger partial charge in [-0.15, -0.1) is 17.5 Å². The number of hydrogen-bond donors (Lipinski definition) is 0. The zero-order chi connectivity index (χ0) is 11.9. The molecule has 0 saturated heterocycles. The maximum absolute atomic E-state index is 11.4. The average Bonchev–Trinajstić information content (AvgIpc) is 2.15. The van der Waals surface area contributed by atoms with E-state index >= 15 is 0 Å². The van der Waals surface area contributed by atoms with E-state index in [9.17, 15) is 4.89 Å². The second kappa shape index (κ2) is 9.47. The molecule has 0 aromatic carbocycles. The second-order valence-corrected chi connectivity index (χ2v) is 8.54. The van der Waals surface area contributed by atoms with Gasteiger partial charge in [0.05, 0.1) is 5.60 Å². The Morgan fingerprint density at radius 1 is 1.25 bits per heavy atom. The fourth-order valence-electron chi connectivity index (χ4n) is 1.71. The first-order chi connectivity index (χ1) is 6.89. The molecule has 0 aliphatic heterocycles. The molecule has 0 saturated carbocycles. The van der Waals surface area contributed by atoms with Crippen LogP contribution in [0, 0.1) is 0 Å². The SMILES string of the molecule is CCCCCC(CC)(CC)OP([O-])(=S)[S-].[Zn+2]. The van der Waals surface area contributed by atoms with Crippen molar-refractivity contribution in [1.29, 1.82) is 0 Å². The minimum Gasteiger partial charge on any atom is -0.819 e. The molecule has 0 bridgehead atoms. The van der Waals surface area contributed by atoms with E-state index in [4.69, 9.17) is 28.6 Å². The predicted octanol–water partition coefficient (Wildman–Crippen LogP) is 3.27. The first-order valence-electron chi connectivity index (χ1n) is 5.62. The van der Waals surface area contributed by atoms with E-state index in [1.54, 1.807) is 0 Å². The third kappa shape index (κ3) is 8.61. The number of hydrogen-bond acceptors (Lipinski definition) is 4. The van der Waals surface area contributed by atoms with E-state index in [-0.39, 0.29) is 25.1 Å². The van der Waals surface area contributed by atoms with Crippen LogP contribution in [0.4, 0.5) is 0 Å². The number of unbranched alkanes of at least 4 members (excludes halogenated alkanes) is 2. The van der Waals surface area contributed by atoms with Gasteiger partial charge in [0.25, 0.3) is 0 Å². The molecule has 0 aromatic heterocycles. The van der Waals surface area contributed by atoms with Crippen LogP contribution in [-0.2, 0) is 48.1 Å². The van der Waals surface area contributed by atoms with Gasteiger partial charge in [-0.05, 0) is 19.3 Å². The summed E-state index contributed by atoms with van der Waals surface area (Å²) in [5, 5.41) is 0. The van der Waals surface area contributed by atoms with E-state index in [0.29, 0.717) is 0 Å². The van der Waals surface area contributed by atoms with E-state index in [2.05, 4.69) is 6.92 Å². The first-order valence-corrected chi connectivity index (χ1v) is 9.27. The summed E-state index contributed by atoms with van der Waals surface area (Å²) in [6.07, 6.45) is 5.98. The molecule has 0 spiro atoms. The normalized spacial score (nSPS) is 15.3. The Morgan fingerprint density at radius 2 is 1.75 bits per heavy atom. The van der Waals surface area contributed by atoms with Crippen molar-refractivity contribution in [2.24, 2.45) is 0 Å². The molecular weight excluding hydrogens is 313 g/mol. The van der Waals surface area contributed by atoms with Crippen LogP contribution in [0.25, 0.3) is 0 Å². The summed E-state index contributed by atoms with van der Waals surface area (Å²) in [7, 11) is 0. The fourth-order valence-corrected chi connectivity index (χ4v) is 3.49. The van der Waals surface area contributed by atoms with Crippen LogP contribution in [-0.4, -0.2) is 5.60 Å². The van der Waals surface area contributed by atoms with Gasteiger partial charge < -0.3 is 21.7 Å². The standard InChI is InChI=1S/C10H23O2PS2.Zn/c1-4-7-8-9-10(5-2,6-3)12-13(11,14)15;/h4-9H2,1-3H3,(H2,11,14,15);/q;+2/p-2. The van der Waals surface area contributed by atoms with Crippen LogP contribution < -0.4 is 4.89 Å². The summed E-state index contributed by atoms with van der Waals surface area (Å²) in [4.78, 5) is 11.4. The summed E-state index contributed by atoms with van der Waals surface area (Å²) in [6, 6.07) is 0. The van der Waals surface area contributed by atoms with Crippen molar-refractivity contribution in [3.05, 3.63) is 0 Å². The van der Waals surface area contributed by atoms with E-state index in [0.717, 1.165) is 25.7 Å². The molecule has 0 amide bonds. The fraction of sp³-hybridized carbons (Fsp3) is 1.00. The molecule has 0 radical (unpaired) electrons. The van der Waals surface area contributed by atoms with E-state index < -0.39 is 5.69 Å². The molecule has 6 heteroatoms. The van der Waals surface area contributed by atoms with Crippen LogP contribution >= 0.6 is 5.69 Å². The third-order valence-electron chi connectivity index (χ3n) is 2.83. The third-order valence-corrected chi connectivity index (χ3v) is 3.89. The van der Waals surface area contributed by atoms with Gasteiger partial charge in [-0.2, -0.15) is 0 Å². The molecule has 16 heavy (non-hydrogen) atoms. The minimum absolute atomic E-state index is 0. The van der Waals surface area contributed by atoms with Crippen molar-refractivity contribution in [3.63, 3.8) is 0 Å². The Labute approximate surface area is 123 Å². The first kappa shape index (κ1) is 19.9. The zero-order valence-electron chi connectivity index (χ0n) is 10.5. The van der Waals surface area contributed by atoms with Crippen molar-refractivity contribution < 1.29 is 28.9 Å². The molecular formula is C10H21O2PS2Zn. The van der Waals surface area contributed by atoms with Crippen LogP contribution in [0.2, 0.25) is 0 Å². The average molecular weight is 334 g/mol. The Bertz CT molecular complexity index is 217. The maximum atomic E-state index is 11.4. The van der Waals surface area contributed by atoms with Crippen LogP contribution in [0.1, 0.15) is 59.3 Å². The van der Waals surface area contributed by atoms with Crippen molar-refractivity contribution in [1.82, 2.24) is 0 Å². The second-order valence-electron chi connectivity index (χ2n) is 3.89. The van der Waals surface area contributed by atoms with Crippen LogP contribution in [0.3, 0.4) is 0 Å². The molecule has 1 unspecified atom stereocenters. The van der Waals surface area contributed by atoms with Gasteiger partial charge >= 0.3 is 19.5 Å². The van der Waals surface area contributed by atoms with E-state index in [1.807, 2.05) is 13.8 Å². The summed E-state index contributed by atoms with van der Waals surface area (Å²) in [6.45, 7) is 6.23. The molecule has 1 atom stereocenters. The number of rotatable bonds is 8. The van der Waals surface area contributed by atoms with Crippen molar-refractivity contribution in [2.75, 3.05) is 0 Å². The molecule has 0 rings (SSSR count). The molecule has 92 valence electrons. The zero-order valence-corrected chi connectivity index (χ0v) is 16.0. The van der Waals surface area contributed by atoms with Gasteiger partial charge in [-0.25, -0.2) is 0 Å². The molecule has 0 aliphatic rings. The molecule has 2 nitrogen and oxygen atoms in total. The maximum Gasteiger partial charge on any atom is 2.00 e. The van der Waals surface area contributed by atoms with Crippen molar-refractivity contribution in [2.45, 2.75) is 64.9 Å². The Morgan fingerprint density at radius 3 is 2.06 bits per heavy atom. The Hall–Kier alpha value is 1.54. The summed E-state index contributed by atoms with van der Waals surface area (Å²) in [5.74, 6) is 0. The van der Waals surface area contributed by atoms with Crippen LogP contribution in [0.5, 0.6) is 0 Å². The van der Waals surface area contributed by atoms with Crippen molar-refractivity contribution >= 4 is 29.7 Å². The predicted molar refractivity (Wildman–Crippen MR) is 70.2 cm³/mol. The Balaban J connectivity index is 0. The molecule has 0 N–H and O–H groups in total. The Kier molecular flexibility index (Phi) is 11.8. The topological polar surface area (TPSA) is 32.3 Å². The molecule has 0 aliphatic carbocycles. The largest absolute Gasteiger partial charge is 2.00 e. The van der Waals surface area contributed by atoms with E-state index in [1.165, 1.54) is 12.8 Å². The monoisotopic (exact) mass is 332 g/mol. The smallest absolute Gasteiger partial charge is 0.819 e. The summed E-state index contributed by atoms with van der Waals surface area (Å²) in [5.41, 5.74) is -3.56. The van der Waals surface area contributed by atoms with Gasteiger partial charge in [-0.1, -0.05) is 40.0 Å². The van der Waals surface area contributed by atoms with Crippen molar-refractivity contribution in [3.8, 4) is 0 Å². The molecule has 0 aromatic rings.